The third kappa shape index (κ3) is 4.74. The second-order valence-electron chi connectivity index (χ2n) is 7.27. The number of guanidine groups is 1. The second kappa shape index (κ2) is 8.46. The fourth-order valence-corrected chi connectivity index (χ4v) is 4.53. The molecule has 1 aromatic carbocycles. The molecule has 1 fully saturated rings. The van der Waals surface area contributed by atoms with E-state index in [2.05, 4.69) is 20.6 Å². The molecule has 31 heavy (non-hydrogen) atoms. The summed E-state index contributed by atoms with van der Waals surface area (Å²) in [7, 11) is -2.56. The van der Waals surface area contributed by atoms with Crippen molar-refractivity contribution in [3.63, 3.8) is 0 Å². The maximum absolute atomic E-state index is 14.6. The fourth-order valence-electron chi connectivity index (χ4n) is 3.06. The predicted molar refractivity (Wildman–Crippen MR) is 112 cm³/mol. The van der Waals surface area contributed by atoms with Gasteiger partial charge in [-0.05, 0) is 31.5 Å². The fraction of sp³-hybridized carbons (Fsp3) is 0.368. The van der Waals surface area contributed by atoms with Gasteiger partial charge in [0.15, 0.2) is 0 Å². The largest absolute Gasteiger partial charge is 0.477 e. The number of nitrogens with one attached hydrogen (secondary N) is 3. The summed E-state index contributed by atoms with van der Waals surface area (Å²) in [5.74, 6) is -1.78. The van der Waals surface area contributed by atoms with Crippen LogP contribution in [0.2, 0.25) is 0 Å². The van der Waals surface area contributed by atoms with Gasteiger partial charge in [-0.15, -0.1) is 0 Å². The average Bonchev–Trinajstić information content (AvgIpc) is 2.71. The Morgan fingerprint density at radius 2 is 2.13 bits per heavy atom. The Bertz CT molecular complexity index is 1110. The van der Waals surface area contributed by atoms with E-state index in [1.807, 2.05) is 6.92 Å². The number of nitrogens with zero attached hydrogens (tertiary/aromatic N) is 3. The number of hydrogen-bond donors (Lipinski definition) is 3. The third-order valence-electron chi connectivity index (χ3n) is 4.73. The molecule has 0 unspecified atom stereocenters. The van der Waals surface area contributed by atoms with E-state index >= 15 is 0 Å². The molecule has 1 atom stereocenters. The van der Waals surface area contributed by atoms with Crippen molar-refractivity contribution in [3.05, 3.63) is 47.7 Å². The molecule has 1 aromatic heterocycles. The van der Waals surface area contributed by atoms with Crippen LogP contribution in [0.3, 0.4) is 0 Å². The van der Waals surface area contributed by atoms with Crippen LogP contribution in [-0.4, -0.2) is 54.0 Å². The van der Waals surface area contributed by atoms with Crippen LogP contribution in [0.1, 0.15) is 36.3 Å². The third-order valence-corrected chi connectivity index (χ3v) is 6.69. The highest BCUT2D eigenvalue weighted by Gasteiger charge is 2.43. The zero-order valence-corrected chi connectivity index (χ0v) is 18.1. The summed E-state index contributed by atoms with van der Waals surface area (Å²) >= 11 is 0. The highest BCUT2D eigenvalue weighted by molar-refractivity contribution is 7.89. The molecule has 0 spiro atoms. The van der Waals surface area contributed by atoms with E-state index in [0.29, 0.717) is 12.5 Å². The first-order valence-electron chi connectivity index (χ1n) is 9.45. The molecule has 10 nitrogen and oxygen atoms in total. The minimum absolute atomic E-state index is 0.00104. The minimum Gasteiger partial charge on any atom is -0.477 e. The monoisotopic (exact) mass is 450 g/mol. The molecule has 1 saturated heterocycles. The number of hydrogen-bond acceptors (Lipinski definition) is 7. The van der Waals surface area contributed by atoms with Gasteiger partial charge < -0.3 is 15.4 Å². The van der Waals surface area contributed by atoms with Gasteiger partial charge in [0.25, 0.3) is 5.91 Å². The van der Waals surface area contributed by atoms with E-state index in [9.17, 15) is 17.6 Å². The summed E-state index contributed by atoms with van der Waals surface area (Å²) in [6, 6.07) is 3.81. The molecule has 0 saturated carbocycles. The summed E-state index contributed by atoms with van der Waals surface area (Å²) in [4.78, 5) is 20.5. The van der Waals surface area contributed by atoms with Gasteiger partial charge in [0.05, 0.1) is 30.3 Å². The van der Waals surface area contributed by atoms with Crippen molar-refractivity contribution in [3.8, 4) is 5.88 Å². The number of halogens is 1. The molecule has 0 bridgehead atoms. The number of aromatic nitrogens is 2. The van der Waals surface area contributed by atoms with Gasteiger partial charge in [0.1, 0.15) is 11.5 Å². The van der Waals surface area contributed by atoms with Crippen molar-refractivity contribution in [1.29, 1.82) is 5.41 Å². The molecule has 3 N–H and O–H groups in total. The summed E-state index contributed by atoms with van der Waals surface area (Å²) in [5.41, 5.74) is -1.13. The summed E-state index contributed by atoms with van der Waals surface area (Å²) < 4.78 is 45.5. The van der Waals surface area contributed by atoms with E-state index in [4.69, 9.17) is 10.1 Å². The normalized spacial score (nSPS) is 20.1. The average molecular weight is 450 g/mol. The zero-order chi connectivity index (χ0) is 22.8. The molecule has 166 valence electrons. The first kappa shape index (κ1) is 22.4. The maximum atomic E-state index is 14.6. The highest BCUT2D eigenvalue weighted by atomic mass is 32.2. The van der Waals surface area contributed by atoms with Crippen molar-refractivity contribution in [1.82, 2.24) is 19.6 Å². The van der Waals surface area contributed by atoms with Crippen molar-refractivity contribution >= 4 is 27.6 Å². The van der Waals surface area contributed by atoms with Crippen molar-refractivity contribution in [2.45, 2.75) is 25.8 Å². The van der Waals surface area contributed by atoms with Crippen LogP contribution in [0.5, 0.6) is 5.88 Å². The molecule has 3 rings (SSSR count). The van der Waals surface area contributed by atoms with Gasteiger partial charge in [-0.2, -0.15) is 0 Å². The molecule has 1 aliphatic rings. The summed E-state index contributed by atoms with van der Waals surface area (Å²) in [5, 5.41) is 13.2. The number of carbonyl (C=O) groups excluding carboxylic acids is 1. The van der Waals surface area contributed by atoms with Crippen LogP contribution in [0.25, 0.3) is 0 Å². The predicted octanol–water partition coefficient (Wildman–Crippen LogP) is 1.67. The van der Waals surface area contributed by atoms with Gasteiger partial charge in [0, 0.05) is 18.3 Å². The van der Waals surface area contributed by atoms with Gasteiger partial charge in [-0.1, -0.05) is 6.92 Å². The van der Waals surface area contributed by atoms with Crippen LogP contribution in [-0.2, 0) is 15.6 Å². The number of amides is 1. The number of sulfonamides is 1. The number of ether oxygens (including phenoxy) is 1. The lowest BCUT2D eigenvalue weighted by molar-refractivity contribution is 0.102. The molecule has 2 aromatic rings. The first-order valence-corrected chi connectivity index (χ1v) is 11.1. The Balaban J connectivity index is 1.83. The Hall–Kier alpha value is -3.28. The van der Waals surface area contributed by atoms with Crippen molar-refractivity contribution < 1.29 is 22.3 Å². The highest BCUT2D eigenvalue weighted by Crippen LogP contribution is 2.31. The lowest BCUT2D eigenvalue weighted by atomic mass is 9.93. The van der Waals surface area contributed by atoms with E-state index in [1.54, 1.807) is 0 Å². The van der Waals surface area contributed by atoms with Gasteiger partial charge in [-0.25, -0.2) is 27.1 Å². The van der Waals surface area contributed by atoms with Gasteiger partial charge in [0.2, 0.25) is 21.9 Å². The van der Waals surface area contributed by atoms with Crippen molar-refractivity contribution in [2.24, 2.45) is 0 Å². The lowest BCUT2D eigenvalue weighted by Crippen LogP contribution is -2.61. The maximum Gasteiger partial charge on any atom is 0.275 e. The molecular weight excluding hydrogens is 427 g/mol. The van der Waals surface area contributed by atoms with Crippen molar-refractivity contribution in [2.75, 3.05) is 24.7 Å². The Kier molecular flexibility index (Phi) is 6.11. The molecule has 0 aliphatic carbocycles. The Morgan fingerprint density at radius 1 is 1.39 bits per heavy atom. The Labute approximate surface area is 179 Å². The van der Waals surface area contributed by atoms with Crippen LogP contribution in [0.4, 0.5) is 10.1 Å². The van der Waals surface area contributed by atoms with E-state index < -0.39 is 33.0 Å². The lowest BCUT2D eigenvalue weighted by Gasteiger charge is -2.40. The number of benzene rings is 1. The second-order valence-corrected chi connectivity index (χ2v) is 9.27. The molecular formula is C19H23FN6O4S. The van der Waals surface area contributed by atoms with E-state index in [-0.39, 0.29) is 22.9 Å². The van der Waals surface area contributed by atoms with Crippen LogP contribution < -0.4 is 15.4 Å². The number of rotatable bonds is 6. The van der Waals surface area contributed by atoms with Crippen LogP contribution in [0, 0.1) is 11.2 Å². The van der Waals surface area contributed by atoms with E-state index in [1.165, 1.54) is 38.5 Å². The first-order chi connectivity index (χ1) is 14.6. The smallest absolute Gasteiger partial charge is 0.275 e. The zero-order valence-electron chi connectivity index (χ0n) is 17.3. The van der Waals surface area contributed by atoms with Crippen LogP contribution >= 0.6 is 0 Å². The van der Waals surface area contributed by atoms with Gasteiger partial charge >= 0.3 is 0 Å². The number of carbonyl (C=O) groups is 1. The Morgan fingerprint density at radius 3 is 2.74 bits per heavy atom. The van der Waals surface area contributed by atoms with Gasteiger partial charge in [-0.3, -0.25) is 10.2 Å². The van der Waals surface area contributed by atoms with Crippen LogP contribution in [0.15, 0.2) is 30.6 Å². The molecule has 2 heterocycles. The molecule has 1 aliphatic heterocycles. The SMILES string of the molecule is CCCOc1cnc(C(=O)Nc2ccc(F)c([C@]3(C)CS(=O)(=O)N(C)C(=N)N3)c2)cn1. The summed E-state index contributed by atoms with van der Waals surface area (Å²) in [6.07, 6.45) is 3.40. The molecule has 1 amide bonds. The quantitative estimate of drug-likeness (QED) is 0.609. The topological polar surface area (TPSA) is 137 Å². The summed E-state index contributed by atoms with van der Waals surface area (Å²) in [6.45, 7) is 3.91. The van der Waals surface area contributed by atoms with E-state index in [0.717, 1.165) is 16.8 Å². The minimum atomic E-state index is -3.81. The standard InChI is InChI=1S/C19H23FN6O4S/c1-4-7-30-16-10-22-15(9-23-16)17(27)24-12-5-6-14(20)13(8-12)19(2)11-31(28,29)26(3)18(21)25-19/h5-6,8-10H,4,7,11H2,1-3H3,(H2,21,25)(H,24,27)/t19-/m0/s1. The molecule has 12 heteroatoms. The molecule has 0 radical (unpaired) electrons. The number of anilines is 1.